The van der Waals surface area contributed by atoms with Gasteiger partial charge in [-0.05, 0) is 19.1 Å². The van der Waals surface area contributed by atoms with Crippen molar-refractivity contribution in [2.45, 2.75) is 6.10 Å². The third kappa shape index (κ3) is 3.32. The fourth-order valence-electron chi connectivity index (χ4n) is 1.10. The molecule has 0 heterocycles. The van der Waals surface area contributed by atoms with Crippen molar-refractivity contribution in [1.82, 2.24) is 0 Å². The van der Waals surface area contributed by atoms with Gasteiger partial charge in [0.2, 0.25) is 0 Å². The van der Waals surface area contributed by atoms with E-state index in [9.17, 15) is 0 Å². The van der Waals surface area contributed by atoms with Crippen LogP contribution in [-0.2, 0) is 0 Å². The molecule has 0 saturated carbocycles. The lowest BCUT2D eigenvalue weighted by molar-refractivity contribution is 0.142. The molecule has 83 valence electrons. The molecule has 1 N–H and O–H groups in total. The van der Waals surface area contributed by atoms with Crippen LogP contribution in [0, 0.1) is 6.92 Å². The number of ether oxygens (including phenoxy) is 3. The van der Waals surface area contributed by atoms with Crippen LogP contribution in [0.2, 0.25) is 0 Å². The van der Waals surface area contributed by atoms with Gasteiger partial charge in [-0.3, -0.25) is 0 Å². The van der Waals surface area contributed by atoms with Crippen molar-refractivity contribution in [2.24, 2.45) is 0 Å². The average molecular weight is 211 g/mol. The van der Waals surface area contributed by atoms with Crippen molar-refractivity contribution >= 4 is 0 Å². The third-order valence-electron chi connectivity index (χ3n) is 1.80. The summed E-state index contributed by atoms with van der Waals surface area (Å²) in [6.07, 6.45) is -0.738. The van der Waals surface area contributed by atoms with Crippen LogP contribution >= 0.6 is 0 Å². The van der Waals surface area contributed by atoms with E-state index in [-0.39, 0.29) is 6.61 Å². The van der Waals surface area contributed by atoms with Gasteiger partial charge in [0.1, 0.15) is 12.4 Å². The minimum Gasteiger partial charge on any atom is -0.493 e. The number of aliphatic hydroxyl groups is 1. The van der Waals surface area contributed by atoms with Gasteiger partial charge in [0.15, 0.2) is 11.5 Å². The second-order valence-corrected chi connectivity index (χ2v) is 2.98. The summed E-state index contributed by atoms with van der Waals surface area (Å²) in [6.45, 7) is 3.55. The Morgan fingerprint density at radius 1 is 1.27 bits per heavy atom. The topological polar surface area (TPSA) is 47.9 Å². The largest absolute Gasteiger partial charge is 0.493 e. The summed E-state index contributed by atoms with van der Waals surface area (Å²) < 4.78 is 15.4. The van der Waals surface area contributed by atoms with Crippen LogP contribution in [0.4, 0.5) is 0 Å². The Balaban J connectivity index is 2.74. The first-order valence-electron chi connectivity index (χ1n) is 4.53. The predicted octanol–water partition coefficient (Wildman–Crippen LogP) is 1.28. The van der Waals surface area contributed by atoms with Crippen molar-refractivity contribution in [2.75, 3.05) is 20.8 Å². The van der Waals surface area contributed by atoms with Crippen molar-refractivity contribution < 1.29 is 19.3 Å². The standard InChI is InChI=1S/C11H15O4/c1-8(12)7-15-9-4-5-10(13-2)11(6-9)14-3/h4-6,8,12H,1,7H2,2-3H3. The summed E-state index contributed by atoms with van der Waals surface area (Å²) in [4.78, 5) is 0. The van der Waals surface area contributed by atoms with Gasteiger partial charge in [0.05, 0.1) is 20.3 Å². The number of hydrogen-bond donors (Lipinski definition) is 1. The van der Waals surface area contributed by atoms with Crippen molar-refractivity contribution in [3.05, 3.63) is 25.1 Å². The fourth-order valence-corrected chi connectivity index (χ4v) is 1.10. The minimum atomic E-state index is -0.738. The van der Waals surface area contributed by atoms with Crippen LogP contribution in [0.1, 0.15) is 0 Å². The van der Waals surface area contributed by atoms with E-state index in [1.165, 1.54) is 0 Å². The summed E-state index contributed by atoms with van der Waals surface area (Å²) >= 11 is 0. The van der Waals surface area contributed by atoms with E-state index in [0.717, 1.165) is 0 Å². The van der Waals surface area contributed by atoms with Crippen molar-refractivity contribution in [3.63, 3.8) is 0 Å². The van der Waals surface area contributed by atoms with Gasteiger partial charge in [-0.2, -0.15) is 0 Å². The molecule has 1 aromatic rings. The van der Waals surface area contributed by atoms with Gasteiger partial charge < -0.3 is 19.3 Å². The molecular weight excluding hydrogens is 196 g/mol. The van der Waals surface area contributed by atoms with E-state index in [1.807, 2.05) is 0 Å². The van der Waals surface area contributed by atoms with E-state index in [0.29, 0.717) is 17.2 Å². The molecule has 1 rings (SSSR count). The quantitative estimate of drug-likeness (QED) is 0.797. The van der Waals surface area contributed by atoms with Crippen molar-refractivity contribution in [1.29, 1.82) is 0 Å². The fraction of sp³-hybridized carbons (Fsp3) is 0.364. The highest BCUT2D eigenvalue weighted by molar-refractivity contribution is 5.45. The molecule has 0 saturated heterocycles. The van der Waals surface area contributed by atoms with Crippen LogP contribution in [0.15, 0.2) is 18.2 Å². The molecule has 1 atom stereocenters. The number of rotatable bonds is 5. The molecule has 1 aromatic carbocycles. The highest BCUT2D eigenvalue weighted by Crippen LogP contribution is 2.30. The van der Waals surface area contributed by atoms with E-state index >= 15 is 0 Å². The zero-order valence-corrected chi connectivity index (χ0v) is 8.90. The number of hydrogen-bond acceptors (Lipinski definition) is 4. The van der Waals surface area contributed by atoms with Gasteiger partial charge >= 0.3 is 0 Å². The second kappa shape index (κ2) is 5.46. The number of aliphatic hydroxyl groups excluding tert-OH is 1. The molecule has 0 fully saturated rings. The van der Waals surface area contributed by atoms with Crippen LogP contribution in [-0.4, -0.2) is 32.0 Å². The Bertz CT molecular complexity index is 309. The second-order valence-electron chi connectivity index (χ2n) is 2.98. The van der Waals surface area contributed by atoms with Gasteiger partial charge in [0.25, 0.3) is 0 Å². The molecule has 15 heavy (non-hydrogen) atoms. The van der Waals surface area contributed by atoms with Crippen LogP contribution < -0.4 is 14.2 Å². The molecule has 0 amide bonds. The molecule has 4 nitrogen and oxygen atoms in total. The zero-order valence-electron chi connectivity index (χ0n) is 8.90. The molecular formula is C11H15O4. The monoisotopic (exact) mass is 211 g/mol. The molecule has 0 spiro atoms. The maximum atomic E-state index is 8.95. The molecule has 4 heteroatoms. The smallest absolute Gasteiger partial charge is 0.164 e. The van der Waals surface area contributed by atoms with Crippen molar-refractivity contribution in [3.8, 4) is 17.2 Å². The van der Waals surface area contributed by atoms with Gasteiger partial charge in [-0.1, -0.05) is 0 Å². The van der Waals surface area contributed by atoms with Crippen LogP contribution in [0.25, 0.3) is 0 Å². The number of methoxy groups -OCH3 is 2. The Hall–Kier alpha value is -1.42. The first-order chi connectivity index (χ1) is 7.17. The maximum Gasteiger partial charge on any atom is 0.164 e. The van der Waals surface area contributed by atoms with Gasteiger partial charge in [0, 0.05) is 6.07 Å². The molecule has 0 aromatic heterocycles. The summed E-state index contributed by atoms with van der Waals surface area (Å²) in [6, 6.07) is 5.18. The molecule has 1 unspecified atom stereocenters. The van der Waals surface area contributed by atoms with E-state index in [4.69, 9.17) is 19.3 Å². The Labute approximate surface area is 89.4 Å². The zero-order chi connectivity index (χ0) is 11.3. The lowest BCUT2D eigenvalue weighted by Gasteiger charge is -2.11. The number of benzene rings is 1. The lowest BCUT2D eigenvalue weighted by atomic mass is 10.3. The molecule has 0 bridgehead atoms. The molecule has 0 aliphatic rings. The van der Waals surface area contributed by atoms with E-state index < -0.39 is 6.10 Å². The third-order valence-corrected chi connectivity index (χ3v) is 1.80. The normalized spacial score (nSPS) is 12.0. The van der Waals surface area contributed by atoms with Crippen LogP contribution in [0.3, 0.4) is 0 Å². The molecule has 0 aliphatic heterocycles. The highest BCUT2D eigenvalue weighted by atomic mass is 16.5. The molecule has 0 aliphatic carbocycles. The van der Waals surface area contributed by atoms with Gasteiger partial charge in [-0.15, -0.1) is 0 Å². The summed E-state index contributed by atoms with van der Waals surface area (Å²) in [7, 11) is 3.12. The van der Waals surface area contributed by atoms with E-state index in [2.05, 4.69) is 6.92 Å². The Morgan fingerprint density at radius 2 is 1.93 bits per heavy atom. The Morgan fingerprint density at radius 3 is 2.47 bits per heavy atom. The van der Waals surface area contributed by atoms with Crippen LogP contribution in [0.5, 0.6) is 17.2 Å². The predicted molar refractivity (Wildman–Crippen MR) is 56.4 cm³/mol. The van der Waals surface area contributed by atoms with Gasteiger partial charge in [-0.25, -0.2) is 0 Å². The maximum absolute atomic E-state index is 8.95. The first kappa shape index (κ1) is 11.7. The molecule has 1 radical (unpaired) electrons. The first-order valence-corrected chi connectivity index (χ1v) is 4.53. The summed E-state index contributed by atoms with van der Waals surface area (Å²) in [5.74, 6) is 1.84. The minimum absolute atomic E-state index is 0.148. The Kier molecular flexibility index (Phi) is 4.24. The summed E-state index contributed by atoms with van der Waals surface area (Å²) in [5, 5.41) is 8.95. The highest BCUT2D eigenvalue weighted by Gasteiger charge is 2.05. The SMILES string of the molecule is [CH2]C(O)COc1ccc(OC)c(OC)c1. The average Bonchev–Trinajstić information content (AvgIpc) is 2.25. The van der Waals surface area contributed by atoms with E-state index in [1.54, 1.807) is 32.4 Å². The summed E-state index contributed by atoms with van der Waals surface area (Å²) in [5.41, 5.74) is 0. The lowest BCUT2D eigenvalue weighted by Crippen LogP contribution is -2.13.